The Hall–Kier alpha value is -0.970. The fourth-order valence-corrected chi connectivity index (χ4v) is 2.70. The number of rotatable bonds is 5. The Morgan fingerprint density at radius 1 is 1.26 bits per heavy atom. The van der Waals surface area contributed by atoms with Crippen LogP contribution in [0, 0.1) is 11.7 Å². The average molecular weight is 266 g/mol. The van der Waals surface area contributed by atoms with Crippen molar-refractivity contribution in [2.75, 3.05) is 26.2 Å². The minimum absolute atomic E-state index is 0.172. The van der Waals surface area contributed by atoms with Gasteiger partial charge >= 0.3 is 0 Å². The first-order valence-corrected chi connectivity index (χ1v) is 7.02. The molecule has 1 heterocycles. The molecule has 3 N–H and O–H groups in total. The SMILES string of the molecule is NCC(O)CN1CCC(Cc2ccc(F)cc2)CC1. The molecule has 1 atom stereocenters. The predicted octanol–water partition coefficient (Wildman–Crippen LogP) is 1.40. The Labute approximate surface area is 114 Å². The molecule has 0 spiro atoms. The molecule has 106 valence electrons. The van der Waals surface area contributed by atoms with Crippen LogP contribution in [0.3, 0.4) is 0 Å². The van der Waals surface area contributed by atoms with Crippen molar-refractivity contribution in [1.29, 1.82) is 0 Å². The summed E-state index contributed by atoms with van der Waals surface area (Å²) in [6.45, 7) is 3.04. The number of aliphatic hydroxyl groups excluding tert-OH is 1. The molecular weight excluding hydrogens is 243 g/mol. The first-order valence-electron chi connectivity index (χ1n) is 7.02. The van der Waals surface area contributed by atoms with Gasteiger partial charge < -0.3 is 15.7 Å². The van der Waals surface area contributed by atoms with Gasteiger partial charge in [0.25, 0.3) is 0 Å². The van der Waals surface area contributed by atoms with Gasteiger partial charge in [-0.25, -0.2) is 4.39 Å². The van der Waals surface area contributed by atoms with Crippen molar-refractivity contribution in [2.24, 2.45) is 11.7 Å². The highest BCUT2D eigenvalue weighted by Crippen LogP contribution is 2.21. The van der Waals surface area contributed by atoms with Crippen LogP contribution in [0.1, 0.15) is 18.4 Å². The summed E-state index contributed by atoms with van der Waals surface area (Å²) in [6.07, 6.45) is 2.88. The van der Waals surface area contributed by atoms with E-state index in [1.165, 1.54) is 17.7 Å². The van der Waals surface area contributed by atoms with E-state index in [1.54, 1.807) is 0 Å². The quantitative estimate of drug-likeness (QED) is 0.847. The molecule has 1 aliphatic rings. The summed E-state index contributed by atoms with van der Waals surface area (Å²) in [7, 11) is 0. The van der Waals surface area contributed by atoms with Crippen LogP contribution in [-0.2, 0) is 6.42 Å². The minimum atomic E-state index is -0.409. The van der Waals surface area contributed by atoms with Crippen molar-refractivity contribution in [3.8, 4) is 0 Å². The van der Waals surface area contributed by atoms with E-state index in [4.69, 9.17) is 5.73 Å². The van der Waals surface area contributed by atoms with Crippen LogP contribution in [0.25, 0.3) is 0 Å². The van der Waals surface area contributed by atoms with Crippen molar-refractivity contribution >= 4 is 0 Å². The number of nitrogens with two attached hydrogens (primary N) is 1. The third-order valence-corrected chi connectivity index (χ3v) is 3.89. The molecule has 1 fully saturated rings. The van der Waals surface area contributed by atoms with Crippen LogP contribution in [0.15, 0.2) is 24.3 Å². The van der Waals surface area contributed by atoms with Crippen molar-refractivity contribution in [1.82, 2.24) is 4.90 Å². The second kappa shape index (κ2) is 6.98. The second-order valence-corrected chi connectivity index (χ2v) is 5.46. The first-order chi connectivity index (χ1) is 9.17. The molecular formula is C15H23FN2O. The van der Waals surface area contributed by atoms with Crippen LogP contribution in [0.5, 0.6) is 0 Å². The molecule has 1 unspecified atom stereocenters. The lowest BCUT2D eigenvalue weighted by Crippen LogP contribution is -2.41. The number of hydrogen-bond donors (Lipinski definition) is 2. The molecule has 0 bridgehead atoms. The normalized spacial score (nSPS) is 19.5. The standard InChI is InChI=1S/C15H23FN2O/c16-14-3-1-12(2-4-14)9-13-5-7-18(8-6-13)11-15(19)10-17/h1-4,13,15,19H,5-11,17H2. The van der Waals surface area contributed by atoms with Crippen LogP contribution >= 0.6 is 0 Å². The monoisotopic (exact) mass is 266 g/mol. The van der Waals surface area contributed by atoms with Crippen LogP contribution in [0.4, 0.5) is 4.39 Å². The molecule has 1 aliphatic heterocycles. The molecule has 2 rings (SSSR count). The van der Waals surface area contributed by atoms with Gasteiger partial charge in [0.05, 0.1) is 6.10 Å². The summed E-state index contributed by atoms with van der Waals surface area (Å²) < 4.78 is 12.8. The van der Waals surface area contributed by atoms with Gasteiger partial charge in [0.2, 0.25) is 0 Å². The summed E-state index contributed by atoms with van der Waals surface area (Å²) in [5, 5.41) is 9.54. The molecule has 0 aliphatic carbocycles. The molecule has 0 radical (unpaired) electrons. The Balaban J connectivity index is 1.75. The topological polar surface area (TPSA) is 49.5 Å². The predicted molar refractivity (Wildman–Crippen MR) is 74.3 cm³/mol. The van der Waals surface area contributed by atoms with E-state index in [1.807, 2.05) is 12.1 Å². The number of piperidine rings is 1. The molecule has 0 amide bonds. The van der Waals surface area contributed by atoms with E-state index in [0.717, 1.165) is 32.4 Å². The fraction of sp³-hybridized carbons (Fsp3) is 0.600. The highest BCUT2D eigenvalue weighted by Gasteiger charge is 2.20. The number of β-amino-alcohol motifs (C(OH)–C–C–N with tert-alkyl or cyclic N) is 1. The molecule has 0 aromatic heterocycles. The van der Waals surface area contributed by atoms with Crippen molar-refractivity contribution in [2.45, 2.75) is 25.4 Å². The van der Waals surface area contributed by atoms with Crippen molar-refractivity contribution in [3.05, 3.63) is 35.6 Å². The van der Waals surface area contributed by atoms with E-state index in [-0.39, 0.29) is 5.82 Å². The van der Waals surface area contributed by atoms with Crippen LogP contribution in [-0.4, -0.2) is 42.3 Å². The van der Waals surface area contributed by atoms with Crippen LogP contribution in [0.2, 0.25) is 0 Å². The molecule has 1 aromatic carbocycles. The first kappa shape index (κ1) is 14.4. The van der Waals surface area contributed by atoms with Crippen LogP contribution < -0.4 is 5.73 Å². The zero-order valence-corrected chi connectivity index (χ0v) is 11.3. The number of likely N-dealkylation sites (tertiary alicyclic amines) is 1. The highest BCUT2D eigenvalue weighted by atomic mass is 19.1. The Bertz CT molecular complexity index is 374. The van der Waals surface area contributed by atoms with Gasteiger partial charge in [-0.2, -0.15) is 0 Å². The lowest BCUT2D eigenvalue weighted by molar-refractivity contribution is 0.0941. The van der Waals surface area contributed by atoms with Crippen molar-refractivity contribution < 1.29 is 9.50 Å². The number of benzene rings is 1. The third kappa shape index (κ3) is 4.56. The average Bonchev–Trinajstić information content (AvgIpc) is 2.43. The van der Waals surface area contributed by atoms with E-state index >= 15 is 0 Å². The summed E-state index contributed by atoms with van der Waals surface area (Å²) in [6, 6.07) is 6.81. The summed E-state index contributed by atoms with van der Waals surface area (Å²) in [4.78, 5) is 2.28. The van der Waals surface area contributed by atoms with Gasteiger partial charge in [-0.3, -0.25) is 0 Å². The third-order valence-electron chi connectivity index (χ3n) is 3.89. The zero-order chi connectivity index (χ0) is 13.7. The molecule has 0 saturated carbocycles. The van der Waals surface area contributed by atoms with Gasteiger partial charge in [0.15, 0.2) is 0 Å². The number of hydrogen-bond acceptors (Lipinski definition) is 3. The summed E-state index contributed by atoms with van der Waals surface area (Å²) >= 11 is 0. The summed E-state index contributed by atoms with van der Waals surface area (Å²) in [5.41, 5.74) is 6.63. The lowest BCUT2D eigenvalue weighted by Gasteiger charge is -2.33. The number of aliphatic hydroxyl groups is 1. The molecule has 4 heteroatoms. The van der Waals surface area contributed by atoms with Gasteiger partial charge in [-0.1, -0.05) is 12.1 Å². The summed E-state index contributed by atoms with van der Waals surface area (Å²) in [5.74, 6) is 0.492. The van der Waals surface area contributed by atoms with Gasteiger partial charge in [-0.15, -0.1) is 0 Å². The molecule has 1 saturated heterocycles. The highest BCUT2D eigenvalue weighted by molar-refractivity contribution is 5.16. The van der Waals surface area contributed by atoms with E-state index in [2.05, 4.69) is 4.90 Å². The smallest absolute Gasteiger partial charge is 0.123 e. The van der Waals surface area contributed by atoms with E-state index in [0.29, 0.717) is 19.0 Å². The second-order valence-electron chi connectivity index (χ2n) is 5.46. The van der Waals surface area contributed by atoms with E-state index in [9.17, 15) is 9.50 Å². The maximum absolute atomic E-state index is 12.8. The molecule has 19 heavy (non-hydrogen) atoms. The fourth-order valence-electron chi connectivity index (χ4n) is 2.70. The molecule has 3 nitrogen and oxygen atoms in total. The lowest BCUT2D eigenvalue weighted by atomic mass is 9.90. The number of nitrogens with zero attached hydrogens (tertiary/aromatic N) is 1. The molecule has 1 aromatic rings. The minimum Gasteiger partial charge on any atom is -0.390 e. The maximum Gasteiger partial charge on any atom is 0.123 e. The zero-order valence-electron chi connectivity index (χ0n) is 11.3. The Morgan fingerprint density at radius 3 is 2.47 bits per heavy atom. The largest absolute Gasteiger partial charge is 0.390 e. The Morgan fingerprint density at radius 2 is 1.89 bits per heavy atom. The number of halogens is 1. The van der Waals surface area contributed by atoms with Gasteiger partial charge in [-0.05, 0) is 56.0 Å². The van der Waals surface area contributed by atoms with E-state index < -0.39 is 6.10 Å². The van der Waals surface area contributed by atoms with Gasteiger partial charge in [0.1, 0.15) is 5.82 Å². The maximum atomic E-state index is 12.8. The van der Waals surface area contributed by atoms with Crippen molar-refractivity contribution in [3.63, 3.8) is 0 Å². The Kier molecular flexibility index (Phi) is 5.31. The van der Waals surface area contributed by atoms with Gasteiger partial charge in [0, 0.05) is 13.1 Å².